The summed E-state index contributed by atoms with van der Waals surface area (Å²) in [5.41, 5.74) is 1.50. The third-order valence-electron chi connectivity index (χ3n) is 2.43. The molecular weight excluding hydrogens is 234 g/mol. The molecule has 0 aliphatic rings. The number of anilines is 1. The van der Waals surface area contributed by atoms with Gasteiger partial charge in [-0.2, -0.15) is 0 Å². The third-order valence-corrected chi connectivity index (χ3v) is 3.12. The molecule has 0 bridgehead atoms. The van der Waals surface area contributed by atoms with E-state index in [-0.39, 0.29) is 5.91 Å². The van der Waals surface area contributed by atoms with Crippen molar-refractivity contribution in [3.05, 3.63) is 47.6 Å². The number of carbonyl (C=O) groups is 1. The number of amides is 1. The second-order valence-electron chi connectivity index (χ2n) is 3.56. The third kappa shape index (κ3) is 1.92. The predicted octanol–water partition coefficient (Wildman–Crippen LogP) is 2.88. The predicted molar refractivity (Wildman–Crippen MR) is 68.4 cm³/mol. The number of carbonyl (C=O) groups excluding carboxylic acids is 1. The molecule has 0 aliphatic heterocycles. The van der Waals surface area contributed by atoms with Crippen molar-refractivity contribution in [1.29, 1.82) is 0 Å². The lowest BCUT2D eigenvalue weighted by atomic mass is 10.2. The Kier molecular flexibility index (Phi) is 2.38. The fourth-order valence-corrected chi connectivity index (χ4v) is 2.17. The van der Waals surface area contributed by atoms with Crippen molar-refractivity contribution in [2.45, 2.75) is 0 Å². The summed E-state index contributed by atoms with van der Waals surface area (Å²) >= 11 is 1.40. The van der Waals surface area contributed by atoms with Crippen LogP contribution in [0.15, 0.2) is 41.9 Å². The molecular formula is C12H9N3OS. The standard InChI is InChI=1S/C12H9N3OS/c16-11(15-12-13-5-6-17-12)10-7-8-3-1-2-4-9(8)14-10/h1-7,14H,(H,13,15,16). The lowest BCUT2D eigenvalue weighted by molar-refractivity contribution is 0.102. The molecule has 1 aromatic carbocycles. The number of fused-ring (bicyclic) bond motifs is 1. The molecule has 0 saturated carbocycles. The van der Waals surface area contributed by atoms with Gasteiger partial charge in [0, 0.05) is 22.5 Å². The molecule has 2 aromatic heterocycles. The average Bonchev–Trinajstić information content (AvgIpc) is 2.96. The maximum absolute atomic E-state index is 11.9. The maximum atomic E-state index is 11.9. The van der Waals surface area contributed by atoms with E-state index in [0.29, 0.717) is 10.8 Å². The van der Waals surface area contributed by atoms with Crippen molar-refractivity contribution in [2.75, 3.05) is 5.32 Å². The van der Waals surface area contributed by atoms with Gasteiger partial charge < -0.3 is 4.98 Å². The van der Waals surface area contributed by atoms with E-state index in [2.05, 4.69) is 15.3 Å². The molecule has 3 rings (SSSR count). The van der Waals surface area contributed by atoms with Gasteiger partial charge in [-0.25, -0.2) is 4.98 Å². The zero-order chi connectivity index (χ0) is 11.7. The fourth-order valence-electron chi connectivity index (χ4n) is 1.65. The van der Waals surface area contributed by atoms with Gasteiger partial charge in [0.2, 0.25) is 0 Å². The molecule has 84 valence electrons. The minimum Gasteiger partial charge on any atom is -0.351 e. The topological polar surface area (TPSA) is 57.8 Å². The van der Waals surface area contributed by atoms with Gasteiger partial charge in [-0.1, -0.05) is 18.2 Å². The van der Waals surface area contributed by atoms with E-state index in [1.54, 1.807) is 6.20 Å². The van der Waals surface area contributed by atoms with Crippen LogP contribution in [0.5, 0.6) is 0 Å². The Labute approximate surface area is 101 Å². The van der Waals surface area contributed by atoms with Gasteiger partial charge >= 0.3 is 0 Å². The number of nitrogens with one attached hydrogen (secondary N) is 2. The van der Waals surface area contributed by atoms with Crippen LogP contribution in [0.1, 0.15) is 10.5 Å². The van der Waals surface area contributed by atoms with Crippen LogP contribution in [-0.2, 0) is 0 Å². The Bertz CT molecular complexity index is 624. The van der Waals surface area contributed by atoms with Crippen LogP contribution in [-0.4, -0.2) is 15.9 Å². The number of para-hydroxylation sites is 1. The van der Waals surface area contributed by atoms with E-state index >= 15 is 0 Å². The van der Waals surface area contributed by atoms with Crippen LogP contribution in [0, 0.1) is 0 Å². The van der Waals surface area contributed by atoms with Crippen LogP contribution in [0.4, 0.5) is 5.13 Å². The van der Waals surface area contributed by atoms with Crippen molar-refractivity contribution in [3.8, 4) is 0 Å². The van der Waals surface area contributed by atoms with Crippen LogP contribution in [0.25, 0.3) is 10.9 Å². The number of rotatable bonds is 2. The smallest absolute Gasteiger partial charge is 0.273 e. The van der Waals surface area contributed by atoms with Gasteiger partial charge in [0.15, 0.2) is 5.13 Å². The Balaban J connectivity index is 1.90. The maximum Gasteiger partial charge on any atom is 0.273 e. The number of nitrogens with zero attached hydrogens (tertiary/aromatic N) is 1. The molecule has 0 atom stereocenters. The van der Waals surface area contributed by atoms with Crippen LogP contribution in [0.2, 0.25) is 0 Å². The number of thiazole rings is 1. The van der Waals surface area contributed by atoms with E-state index in [1.165, 1.54) is 11.3 Å². The SMILES string of the molecule is O=C(Nc1nccs1)c1cc2ccccc2[nH]1. The van der Waals surface area contributed by atoms with Crippen molar-refractivity contribution in [3.63, 3.8) is 0 Å². The van der Waals surface area contributed by atoms with E-state index in [4.69, 9.17) is 0 Å². The molecule has 0 spiro atoms. The molecule has 1 amide bonds. The van der Waals surface area contributed by atoms with Gasteiger partial charge in [-0.3, -0.25) is 10.1 Å². The molecule has 0 saturated heterocycles. The first-order chi connectivity index (χ1) is 8.33. The van der Waals surface area contributed by atoms with Gasteiger partial charge in [0.1, 0.15) is 5.69 Å². The molecule has 0 aliphatic carbocycles. The highest BCUT2D eigenvalue weighted by Gasteiger charge is 2.10. The van der Waals surface area contributed by atoms with E-state index in [0.717, 1.165) is 10.9 Å². The van der Waals surface area contributed by atoms with Gasteiger partial charge in [0.05, 0.1) is 0 Å². The van der Waals surface area contributed by atoms with Crippen molar-refractivity contribution in [2.24, 2.45) is 0 Å². The summed E-state index contributed by atoms with van der Waals surface area (Å²) in [7, 11) is 0. The van der Waals surface area contributed by atoms with Crippen molar-refractivity contribution in [1.82, 2.24) is 9.97 Å². The average molecular weight is 243 g/mol. The highest BCUT2D eigenvalue weighted by Crippen LogP contribution is 2.16. The molecule has 17 heavy (non-hydrogen) atoms. The van der Waals surface area contributed by atoms with Gasteiger partial charge in [-0.15, -0.1) is 11.3 Å². The number of H-pyrrole nitrogens is 1. The Morgan fingerprint density at radius 3 is 3.00 bits per heavy atom. The fraction of sp³-hybridized carbons (Fsp3) is 0. The first-order valence-corrected chi connectivity index (χ1v) is 5.99. The first-order valence-electron chi connectivity index (χ1n) is 5.11. The van der Waals surface area contributed by atoms with Crippen molar-refractivity contribution >= 4 is 33.3 Å². The molecule has 0 radical (unpaired) electrons. The summed E-state index contributed by atoms with van der Waals surface area (Å²) in [5.74, 6) is -0.170. The molecule has 3 aromatic rings. The first kappa shape index (κ1) is 10.0. The quantitative estimate of drug-likeness (QED) is 0.727. The normalized spacial score (nSPS) is 10.6. The Morgan fingerprint density at radius 2 is 2.24 bits per heavy atom. The highest BCUT2D eigenvalue weighted by atomic mass is 32.1. The summed E-state index contributed by atoms with van der Waals surface area (Å²) in [6, 6.07) is 9.61. The number of benzene rings is 1. The molecule has 2 N–H and O–H groups in total. The van der Waals surface area contributed by atoms with E-state index < -0.39 is 0 Å². The molecule has 4 nitrogen and oxygen atoms in total. The number of aromatic amines is 1. The van der Waals surface area contributed by atoms with Crippen LogP contribution < -0.4 is 5.32 Å². The summed E-state index contributed by atoms with van der Waals surface area (Å²) < 4.78 is 0. The number of hydrogen-bond donors (Lipinski definition) is 2. The monoisotopic (exact) mass is 243 g/mol. The summed E-state index contributed by atoms with van der Waals surface area (Å²) in [5, 5.41) is 6.19. The lowest BCUT2D eigenvalue weighted by Crippen LogP contribution is -2.11. The molecule has 2 heterocycles. The highest BCUT2D eigenvalue weighted by molar-refractivity contribution is 7.13. The summed E-state index contributed by atoms with van der Waals surface area (Å²) in [6.45, 7) is 0. The minimum atomic E-state index is -0.170. The number of hydrogen-bond acceptors (Lipinski definition) is 3. The second kappa shape index (κ2) is 4.03. The van der Waals surface area contributed by atoms with Gasteiger partial charge in [-0.05, 0) is 12.1 Å². The van der Waals surface area contributed by atoms with Crippen LogP contribution in [0.3, 0.4) is 0 Å². The molecule has 5 heteroatoms. The molecule has 0 unspecified atom stereocenters. The van der Waals surface area contributed by atoms with Crippen LogP contribution >= 0.6 is 11.3 Å². The summed E-state index contributed by atoms with van der Waals surface area (Å²) in [6.07, 6.45) is 1.66. The van der Waals surface area contributed by atoms with Crippen molar-refractivity contribution < 1.29 is 4.79 Å². The molecule has 0 fully saturated rings. The zero-order valence-corrected chi connectivity index (χ0v) is 9.62. The van der Waals surface area contributed by atoms with E-state index in [9.17, 15) is 4.79 Å². The largest absolute Gasteiger partial charge is 0.351 e. The summed E-state index contributed by atoms with van der Waals surface area (Å²) in [4.78, 5) is 19.0. The Hall–Kier alpha value is -2.14. The Morgan fingerprint density at radius 1 is 1.35 bits per heavy atom. The van der Waals surface area contributed by atoms with E-state index in [1.807, 2.05) is 35.7 Å². The van der Waals surface area contributed by atoms with Gasteiger partial charge in [0.25, 0.3) is 5.91 Å². The minimum absolute atomic E-state index is 0.170. The second-order valence-corrected chi connectivity index (χ2v) is 4.46. The number of aromatic nitrogens is 2. The lowest BCUT2D eigenvalue weighted by Gasteiger charge is -1.97. The zero-order valence-electron chi connectivity index (χ0n) is 8.81.